The highest BCUT2D eigenvalue weighted by molar-refractivity contribution is 5.93. The first kappa shape index (κ1) is 18.5. The summed E-state index contributed by atoms with van der Waals surface area (Å²) in [5.41, 5.74) is 3.47. The summed E-state index contributed by atoms with van der Waals surface area (Å²) in [6.45, 7) is 3.73. The van der Waals surface area contributed by atoms with Crippen LogP contribution in [0.4, 0.5) is 5.69 Å². The number of nitrogens with one attached hydrogen (secondary N) is 2. The second-order valence-electron chi connectivity index (χ2n) is 5.06. The van der Waals surface area contributed by atoms with Gasteiger partial charge in [0.25, 0.3) is 0 Å². The molecule has 0 aliphatic carbocycles. The van der Waals surface area contributed by atoms with E-state index in [2.05, 4.69) is 27.9 Å². The third-order valence-corrected chi connectivity index (χ3v) is 3.66. The third kappa shape index (κ3) is 4.00. The van der Waals surface area contributed by atoms with Gasteiger partial charge >= 0.3 is 0 Å². The molecule has 0 saturated heterocycles. The number of nitrogens with zero attached hydrogens (tertiary/aromatic N) is 2. The first-order valence-corrected chi connectivity index (χ1v) is 6.86. The summed E-state index contributed by atoms with van der Waals surface area (Å²) in [5, 5.41) is 10.4. The summed E-state index contributed by atoms with van der Waals surface area (Å²) < 4.78 is 1.65. The van der Waals surface area contributed by atoms with Gasteiger partial charge in [-0.1, -0.05) is 6.07 Å². The van der Waals surface area contributed by atoms with Crippen molar-refractivity contribution in [3.05, 3.63) is 47.8 Å². The summed E-state index contributed by atoms with van der Waals surface area (Å²) in [5.74, 6) is -0.0579. The fraction of sp³-hybridized carbons (Fsp3) is 0.333. The predicted molar refractivity (Wildman–Crippen MR) is 91.9 cm³/mol. The highest BCUT2D eigenvalue weighted by Gasteiger charge is 2.16. The molecule has 2 aromatic rings. The average molecular weight is 343 g/mol. The Morgan fingerprint density at radius 3 is 2.91 bits per heavy atom. The van der Waals surface area contributed by atoms with E-state index in [0.29, 0.717) is 0 Å². The lowest BCUT2D eigenvalue weighted by molar-refractivity contribution is -0.119. The molecule has 1 atom stereocenters. The first-order valence-electron chi connectivity index (χ1n) is 6.86. The van der Waals surface area contributed by atoms with E-state index in [9.17, 15) is 4.79 Å². The van der Waals surface area contributed by atoms with Crippen molar-refractivity contribution in [2.45, 2.75) is 25.9 Å². The standard InChI is InChI=1S/C15H18N4O.2ClH/c1-11(19-8-2-6-17-19)15(20)18-14-4-3-12-5-7-16-10-13(12)9-14;;/h2-4,6,8-9,11,16H,5,7,10H2,1H3,(H,18,20);2*1H. The van der Waals surface area contributed by atoms with Crippen molar-refractivity contribution in [3.8, 4) is 0 Å². The molecule has 1 aromatic carbocycles. The number of amides is 1. The van der Waals surface area contributed by atoms with Crippen LogP contribution in [0.3, 0.4) is 0 Å². The van der Waals surface area contributed by atoms with Gasteiger partial charge in [0, 0.05) is 24.6 Å². The van der Waals surface area contributed by atoms with Gasteiger partial charge in [-0.15, -0.1) is 24.8 Å². The summed E-state index contributed by atoms with van der Waals surface area (Å²) in [7, 11) is 0. The molecule has 0 radical (unpaired) electrons. The van der Waals surface area contributed by atoms with Crippen LogP contribution < -0.4 is 10.6 Å². The van der Waals surface area contributed by atoms with E-state index in [1.165, 1.54) is 11.1 Å². The largest absolute Gasteiger partial charge is 0.324 e. The van der Waals surface area contributed by atoms with Crippen molar-refractivity contribution in [2.75, 3.05) is 11.9 Å². The molecular weight excluding hydrogens is 323 g/mol. The van der Waals surface area contributed by atoms with Gasteiger partial charge in [0.2, 0.25) is 5.91 Å². The number of carbonyl (C=O) groups excluding carboxylic acids is 1. The molecule has 2 N–H and O–H groups in total. The van der Waals surface area contributed by atoms with Crippen molar-refractivity contribution < 1.29 is 4.79 Å². The summed E-state index contributed by atoms with van der Waals surface area (Å²) in [6, 6.07) is 7.62. The van der Waals surface area contributed by atoms with E-state index < -0.39 is 0 Å². The molecule has 1 aliphatic heterocycles. The maximum atomic E-state index is 12.2. The Labute approximate surface area is 142 Å². The smallest absolute Gasteiger partial charge is 0.248 e. The zero-order chi connectivity index (χ0) is 13.9. The minimum absolute atomic E-state index is 0. The summed E-state index contributed by atoms with van der Waals surface area (Å²) in [6.07, 6.45) is 4.52. The molecule has 1 amide bonds. The van der Waals surface area contributed by atoms with Crippen LogP contribution in [0.2, 0.25) is 0 Å². The Kier molecular flexibility index (Phi) is 6.87. The van der Waals surface area contributed by atoms with Crippen molar-refractivity contribution in [1.29, 1.82) is 0 Å². The third-order valence-electron chi connectivity index (χ3n) is 3.66. The Balaban J connectivity index is 0.00000121. The van der Waals surface area contributed by atoms with E-state index in [0.717, 1.165) is 25.2 Å². The lowest BCUT2D eigenvalue weighted by Gasteiger charge is -2.19. The van der Waals surface area contributed by atoms with E-state index >= 15 is 0 Å². The van der Waals surface area contributed by atoms with Crippen LogP contribution in [-0.2, 0) is 17.8 Å². The van der Waals surface area contributed by atoms with Crippen molar-refractivity contribution >= 4 is 36.4 Å². The van der Waals surface area contributed by atoms with Crippen LogP contribution in [0.1, 0.15) is 24.1 Å². The number of fused-ring (bicyclic) bond motifs is 1. The molecule has 0 bridgehead atoms. The summed E-state index contributed by atoms with van der Waals surface area (Å²) in [4.78, 5) is 12.2. The van der Waals surface area contributed by atoms with Crippen LogP contribution in [0, 0.1) is 0 Å². The van der Waals surface area contributed by atoms with Gasteiger partial charge in [-0.25, -0.2) is 0 Å². The van der Waals surface area contributed by atoms with E-state index in [1.54, 1.807) is 17.1 Å². The topological polar surface area (TPSA) is 59.0 Å². The molecule has 3 rings (SSSR count). The van der Waals surface area contributed by atoms with Gasteiger partial charge in [-0.3, -0.25) is 9.48 Å². The number of hydrogen-bond acceptors (Lipinski definition) is 3. The van der Waals surface area contributed by atoms with E-state index in [4.69, 9.17) is 0 Å². The molecule has 0 fully saturated rings. The number of aromatic nitrogens is 2. The normalized spacial score (nSPS) is 14.0. The van der Waals surface area contributed by atoms with Gasteiger partial charge in [0.1, 0.15) is 6.04 Å². The van der Waals surface area contributed by atoms with Crippen molar-refractivity contribution in [2.24, 2.45) is 0 Å². The maximum Gasteiger partial charge on any atom is 0.248 e. The molecule has 7 heteroatoms. The van der Waals surface area contributed by atoms with Crippen molar-refractivity contribution in [1.82, 2.24) is 15.1 Å². The SMILES string of the molecule is CC(C(=O)Nc1ccc2c(c1)CNCC2)n1cccn1.Cl.Cl. The van der Waals surface area contributed by atoms with Crippen molar-refractivity contribution in [3.63, 3.8) is 0 Å². The van der Waals surface area contributed by atoms with Crippen LogP contribution in [0.25, 0.3) is 0 Å². The number of hydrogen-bond donors (Lipinski definition) is 2. The molecule has 2 heterocycles. The van der Waals surface area contributed by atoms with E-state index in [1.807, 2.05) is 19.1 Å². The highest BCUT2D eigenvalue weighted by Crippen LogP contribution is 2.19. The number of benzene rings is 1. The van der Waals surface area contributed by atoms with Gasteiger partial charge < -0.3 is 10.6 Å². The number of anilines is 1. The monoisotopic (exact) mass is 342 g/mol. The molecule has 5 nitrogen and oxygen atoms in total. The number of rotatable bonds is 3. The minimum Gasteiger partial charge on any atom is -0.324 e. The van der Waals surface area contributed by atoms with Crippen LogP contribution in [0.15, 0.2) is 36.7 Å². The second kappa shape index (κ2) is 8.17. The summed E-state index contributed by atoms with van der Waals surface area (Å²) >= 11 is 0. The van der Waals surface area contributed by atoms with Crippen LogP contribution in [0.5, 0.6) is 0 Å². The quantitative estimate of drug-likeness (QED) is 0.901. The molecule has 0 saturated carbocycles. The van der Waals surface area contributed by atoms with Gasteiger partial charge in [0.15, 0.2) is 0 Å². The molecule has 1 aliphatic rings. The average Bonchev–Trinajstić information content (AvgIpc) is 3.00. The van der Waals surface area contributed by atoms with E-state index in [-0.39, 0.29) is 36.8 Å². The van der Waals surface area contributed by atoms with Crippen LogP contribution in [-0.4, -0.2) is 22.2 Å². The Morgan fingerprint density at radius 1 is 1.36 bits per heavy atom. The highest BCUT2D eigenvalue weighted by atomic mass is 35.5. The first-order chi connectivity index (χ1) is 9.74. The molecule has 120 valence electrons. The fourth-order valence-electron chi connectivity index (χ4n) is 2.43. The van der Waals surface area contributed by atoms with Gasteiger partial charge in [0.05, 0.1) is 0 Å². The molecule has 1 unspecified atom stereocenters. The molecular formula is C15H20Cl2N4O. The Hall–Kier alpha value is -1.56. The number of halogens is 2. The lowest BCUT2D eigenvalue weighted by Crippen LogP contribution is -2.25. The fourth-order valence-corrected chi connectivity index (χ4v) is 2.43. The Bertz CT molecular complexity index is 616. The second-order valence-corrected chi connectivity index (χ2v) is 5.06. The minimum atomic E-state index is -0.320. The van der Waals surface area contributed by atoms with Gasteiger partial charge in [-0.05, 0) is 49.2 Å². The Morgan fingerprint density at radius 2 is 2.18 bits per heavy atom. The molecule has 1 aromatic heterocycles. The lowest BCUT2D eigenvalue weighted by atomic mass is 10.0. The molecule has 0 spiro atoms. The van der Waals surface area contributed by atoms with Crippen LogP contribution >= 0.6 is 24.8 Å². The molecule has 22 heavy (non-hydrogen) atoms. The number of carbonyl (C=O) groups is 1. The predicted octanol–water partition coefficient (Wildman–Crippen LogP) is 2.57. The van der Waals surface area contributed by atoms with Gasteiger partial charge in [-0.2, -0.15) is 5.10 Å². The zero-order valence-corrected chi connectivity index (χ0v) is 13.9. The zero-order valence-electron chi connectivity index (χ0n) is 12.3. The maximum absolute atomic E-state index is 12.2.